The number of sulfone groups is 1. The van der Waals surface area contributed by atoms with Crippen molar-refractivity contribution in [2.45, 2.75) is 12.5 Å². The van der Waals surface area contributed by atoms with Crippen LogP contribution in [0.15, 0.2) is 18.2 Å². The predicted octanol–water partition coefficient (Wildman–Crippen LogP) is -0.662. The van der Waals surface area contributed by atoms with Crippen LogP contribution in [-0.2, 0) is 14.6 Å². The summed E-state index contributed by atoms with van der Waals surface area (Å²) in [6, 6.07) is 4.58. The van der Waals surface area contributed by atoms with Gasteiger partial charge in [0.25, 0.3) is 11.8 Å². The van der Waals surface area contributed by atoms with Crippen LogP contribution in [0, 0.1) is 0 Å². The summed E-state index contributed by atoms with van der Waals surface area (Å²) in [5.74, 6) is 0.344. The molecule has 10 heteroatoms. The lowest BCUT2D eigenvalue weighted by Gasteiger charge is -2.22. The topological polar surface area (TPSA) is 114 Å². The molecule has 1 saturated heterocycles. The summed E-state index contributed by atoms with van der Waals surface area (Å²) in [7, 11) is -1.32. The van der Waals surface area contributed by atoms with Gasteiger partial charge in [-0.25, -0.2) is 8.42 Å². The van der Waals surface area contributed by atoms with E-state index in [1.807, 2.05) is 0 Å². The summed E-state index contributed by atoms with van der Waals surface area (Å²) >= 11 is 0. The van der Waals surface area contributed by atoms with Gasteiger partial charge in [-0.2, -0.15) is 0 Å². The molecule has 1 aromatic rings. The third-order valence-corrected chi connectivity index (χ3v) is 6.09. The zero-order valence-electron chi connectivity index (χ0n) is 14.4. The Kier molecular flexibility index (Phi) is 5.33. The van der Waals surface area contributed by atoms with Gasteiger partial charge in [0.15, 0.2) is 21.3 Å². The van der Waals surface area contributed by atoms with Crippen molar-refractivity contribution >= 4 is 21.7 Å². The highest BCUT2D eigenvalue weighted by Crippen LogP contribution is 2.30. The molecule has 2 heterocycles. The lowest BCUT2D eigenvalue weighted by atomic mass is 10.2. The molecule has 2 amide bonds. The summed E-state index contributed by atoms with van der Waals surface area (Å²) in [5.41, 5.74) is 5.00. The largest absolute Gasteiger partial charge is 0.486 e. The number of rotatable bonds is 4. The molecule has 9 nitrogen and oxygen atoms in total. The summed E-state index contributed by atoms with van der Waals surface area (Å²) in [5, 5.41) is 0. The molecular weight excluding hydrogens is 362 g/mol. The summed E-state index contributed by atoms with van der Waals surface area (Å²) in [4.78, 5) is 25.8. The molecule has 0 spiro atoms. The van der Waals surface area contributed by atoms with Crippen molar-refractivity contribution in [1.82, 2.24) is 15.8 Å². The van der Waals surface area contributed by atoms with Crippen molar-refractivity contribution in [2.75, 3.05) is 38.3 Å². The van der Waals surface area contributed by atoms with Gasteiger partial charge in [-0.05, 0) is 31.7 Å². The lowest BCUT2D eigenvalue weighted by Crippen LogP contribution is -2.47. The van der Waals surface area contributed by atoms with Crippen LogP contribution in [0.3, 0.4) is 0 Å². The maximum atomic E-state index is 12.1. The molecule has 0 bridgehead atoms. The smallest absolute Gasteiger partial charge is 0.269 e. The van der Waals surface area contributed by atoms with E-state index < -0.39 is 21.7 Å². The van der Waals surface area contributed by atoms with Gasteiger partial charge in [-0.1, -0.05) is 0 Å². The first kappa shape index (κ1) is 18.5. The third kappa shape index (κ3) is 4.44. The van der Waals surface area contributed by atoms with E-state index >= 15 is 0 Å². The number of hydrogen-bond acceptors (Lipinski definition) is 7. The van der Waals surface area contributed by atoms with Crippen LogP contribution < -0.4 is 20.3 Å². The normalized spacial score (nSPS) is 20.6. The number of hydrazine groups is 1. The van der Waals surface area contributed by atoms with Crippen LogP contribution in [0.4, 0.5) is 0 Å². The summed E-state index contributed by atoms with van der Waals surface area (Å²) in [6.07, 6.45) is 0.510. The van der Waals surface area contributed by atoms with Crippen LogP contribution in [-0.4, -0.2) is 69.5 Å². The van der Waals surface area contributed by atoms with Gasteiger partial charge in [0.1, 0.15) is 13.2 Å². The highest BCUT2D eigenvalue weighted by Gasteiger charge is 2.31. The van der Waals surface area contributed by atoms with Gasteiger partial charge in [0, 0.05) is 11.6 Å². The van der Waals surface area contributed by atoms with E-state index in [0.29, 0.717) is 36.7 Å². The number of carbonyl (C=O) groups is 2. The molecule has 1 aromatic carbocycles. The molecule has 1 fully saturated rings. The Labute approximate surface area is 151 Å². The van der Waals surface area contributed by atoms with Crippen LogP contribution in [0.2, 0.25) is 0 Å². The number of benzene rings is 1. The first-order valence-electron chi connectivity index (χ1n) is 8.23. The monoisotopic (exact) mass is 383 g/mol. The van der Waals surface area contributed by atoms with Crippen molar-refractivity contribution in [3.8, 4) is 11.5 Å². The second kappa shape index (κ2) is 7.50. The van der Waals surface area contributed by atoms with Crippen LogP contribution in [0.25, 0.3) is 0 Å². The van der Waals surface area contributed by atoms with E-state index in [1.165, 1.54) is 0 Å². The molecule has 0 aliphatic carbocycles. The molecule has 142 valence electrons. The predicted molar refractivity (Wildman–Crippen MR) is 92.7 cm³/mol. The fourth-order valence-corrected chi connectivity index (χ4v) is 4.71. The highest BCUT2D eigenvalue weighted by atomic mass is 32.2. The van der Waals surface area contributed by atoms with E-state index in [1.54, 1.807) is 30.1 Å². The summed E-state index contributed by atoms with van der Waals surface area (Å²) in [6.45, 7) is 0.865. The number of ether oxygens (including phenoxy) is 2. The minimum Gasteiger partial charge on any atom is -0.486 e. The Morgan fingerprint density at radius 2 is 1.92 bits per heavy atom. The van der Waals surface area contributed by atoms with Gasteiger partial charge < -0.3 is 9.47 Å². The standard InChI is InChI=1S/C16H21N3O6S/c1-19(12-4-7-26(22,23)10-12)9-15(20)17-18-16(21)11-2-3-13-14(8-11)25-6-5-24-13/h2-3,8,12H,4-7,9-10H2,1H3,(H,17,20)(H,18,21)/t12-/m1/s1. The zero-order valence-corrected chi connectivity index (χ0v) is 15.2. The highest BCUT2D eigenvalue weighted by molar-refractivity contribution is 7.91. The van der Waals surface area contributed by atoms with Crippen molar-refractivity contribution < 1.29 is 27.5 Å². The molecule has 0 aromatic heterocycles. The van der Waals surface area contributed by atoms with Gasteiger partial charge in [-0.15, -0.1) is 0 Å². The summed E-state index contributed by atoms with van der Waals surface area (Å²) < 4.78 is 33.8. The fourth-order valence-electron chi connectivity index (χ4n) is 2.90. The maximum absolute atomic E-state index is 12.1. The number of likely N-dealkylation sites (N-methyl/N-ethyl adjacent to an activating group) is 1. The molecule has 3 rings (SSSR count). The average Bonchev–Trinajstić information content (AvgIpc) is 2.99. The number of nitrogens with zero attached hydrogens (tertiary/aromatic N) is 1. The lowest BCUT2D eigenvalue weighted by molar-refractivity contribution is -0.123. The maximum Gasteiger partial charge on any atom is 0.269 e. The SMILES string of the molecule is CN(CC(=O)NNC(=O)c1ccc2c(c1)OCCO2)[C@@H]1CCS(=O)(=O)C1. The Hall–Kier alpha value is -2.33. The molecule has 2 N–H and O–H groups in total. The first-order valence-corrected chi connectivity index (χ1v) is 10.1. The molecule has 1 atom stereocenters. The number of hydrogen-bond donors (Lipinski definition) is 2. The van der Waals surface area contributed by atoms with E-state index in [2.05, 4.69) is 10.9 Å². The number of nitrogens with one attached hydrogen (secondary N) is 2. The van der Waals surface area contributed by atoms with Crippen molar-refractivity contribution in [3.05, 3.63) is 23.8 Å². The minimum absolute atomic E-state index is 0.0123. The molecular formula is C16H21N3O6S. The van der Waals surface area contributed by atoms with E-state index in [-0.39, 0.29) is 24.1 Å². The molecule has 0 radical (unpaired) electrons. The molecule has 2 aliphatic rings. The van der Waals surface area contributed by atoms with Crippen molar-refractivity contribution in [2.24, 2.45) is 0 Å². The quantitative estimate of drug-likeness (QED) is 0.663. The van der Waals surface area contributed by atoms with Gasteiger partial charge >= 0.3 is 0 Å². The second-order valence-corrected chi connectivity index (χ2v) is 8.56. The van der Waals surface area contributed by atoms with Gasteiger partial charge in [-0.3, -0.25) is 25.3 Å². The van der Waals surface area contributed by atoms with Crippen LogP contribution >= 0.6 is 0 Å². The van der Waals surface area contributed by atoms with Crippen molar-refractivity contribution in [3.63, 3.8) is 0 Å². The number of fused-ring (bicyclic) bond motifs is 1. The Morgan fingerprint density at radius 1 is 1.19 bits per heavy atom. The first-order chi connectivity index (χ1) is 12.3. The van der Waals surface area contributed by atoms with Crippen LogP contribution in [0.5, 0.6) is 11.5 Å². The number of amides is 2. The van der Waals surface area contributed by atoms with Crippen molar-refractivity contribution in [1.29, 1.82) is 0 Å². The van der Waals surface area contributed by atoms with Gasteiger partial charge in [0.2, 0.25) is 0 Å². The fraction of sp³-hybridized carbons (Fsp3) is 0.500. The van der Waals surface area contributed by atoms with E-state index in [4.69, 9.17) is 9.47 Å². The molecule has 26 heavy (non-hydrogen) atoms. The van der Waals surface area contributed by atoms with Gasteiger partial charge in [0.05, 0.1) is 18.1 Å². The Morgan fingerprint density at radius 3 is 2.62 bits per heavy atom. The molecule has 0 saturated carbocycles. The Balaban J connectivity index is 1.49. The van der Waals surface area contributed by atoms with Crippen LogP contribution in [0.1, 0.15) is 16.8 Å². The number of carbonyl (C=O) groups excluding carboxylic acids is 2. The average molecular weight is 383 g/mol. The molecule has 0 unspecified atom stereocenters. The minimum atomic E-state index is -3.01. The molecule has 2 aliphatic heterocycles. The Bertz CT molecular complexity index is 810. The third-order valence-electron chi connectivity index (χ3n) is 4.34. The van der Waals surface area contributed by atoms with E-state index in [9.17, 15) is 18.0 Å². The second-order valence-electron chi connectivity index (χ2n) is 6.33. The van der Waals surface area contributed by atoms with E-state index in [0.717, 1.165) is 0 Å². The zero-order chi connectivity index (χ0) is 18.7.